The molecule has 1 fully saturated rings. The number of rotatable bonds is 4. The van der Waals surface area contributed by atoms with Gasteiger partial charge in [0.15, 0.2) is 0 Å². The Morgan fingerprint density at radius 1 is 1.32 bits per heavy atom. The van der Waals surface area contributed by atoms with E-state index in [0.717, 1.165) is 16.9 Å². The minimum atomic E-state index is -0.402. The molecular formula is C17H20N2OS2. The first-order valence-electron chi connectivity index (χ1n) is 7.98. The number of imidazole rings is 1. The zero-order valence-electron chi connectivity index (χ0n) is 12.4. The minimum Gasteiger partial charge on any atom is -0.387 e. The summed E-state index contributed by atoms with van der Waals surface area (Å²) in [7, 11) is 0. The van der Waals surface area contributed by atoms with Crippen LogP contribution in [0.25, 0.3) is 15.3 Å². The summed E-state index contributed by atoms with van der Waals surface area (Å²) in [4.78, 5) is 6.54. The Labute approximate surface area is 138 Å². The van der Waals surface area contributed by atoms with Gasteiger partial charge >= 0.3 is 0 Å². The van der Waals surface area contributed by atoms with Crippen LogP contribution in [0.15, 0.2) is 29.4 Å². The van der Waals surface area contributed by atoms with E-state index in [1.165, 1.54) is 42.5 Å². The van der Waals surface area contributed by atoms with E-state index in [0.29, 0.717) is 5.92 Å². The second kappa shape index (κ2) is 6.14. The van der Waals surface area contributed by atoms with Crippen molar-refractivity contribution in [3.63, 3.8) is 0 Å². The number of nitrogens with zero attached hydrogens (tertiary/aromatic N) is 2. The van der Waals surface area contributed by atoms with Gasteiger partial charge in [-0.1, -0.05) is 32.1 Å². The molecule has 1 atom stereocenters. The summed E-state index contributed by atoms with van der Waals surface area (Å²) in [5.74, 6) is 0.664. The van der Waals surface area contributed by atoms with E-state index in [1.807, 2.05) is 12.5 Å². The molecule has 1 unspecified atom stereocenters. The molecule has 1 aliphatic carbocycles. The van der Waals surface area contributed by atoms with Crippen molar-refractivity contribution in [2.24, 2.45) is 5.92 Å². The predicted octanol–water partition coefficient (Wildman–Crippen LogP) is 5.13. The number of hydrogen-bond donors (Lipinski definition) is 1. The maximum Gasteiger partial charge on any atom is 0.120 e. The average molecular weight is 332 g/mol. The third kappa shape index (κ3) is 2.62. The van der Waals surface area contributed by atoms with Gasteiger partial charge in [-0.2, -0.15) is 11.3 Å². The second-order valence-electron chi connectivity index (χ2n) is 6.19. The fourth-order valence-corrected chi connectivity index (χ4v) is 5.44. The highest BCUT2D eigenvalue weighted by atomic mass is 32.1. The Hall–Kier alpha value is -1.17. The second-order valence-corrected chi connectivity index (χ2v) is 8.00. The summed E-state index contributed by atoms with van der Waals surface area (Å²) in [5, 5.41) is 15.2. The largest absolute Gasteiger partial charge is 0.387 e. The molecule has 1 aliphatic rings. The van der Waals surface area contributed by atoms with Crippen molar-refractivity contribution in [2.75, 3.05) is 0 Å². The molecule has 0 aromatic carbocycles. The zero-order valence-corrected chi connectivity index (χ0v) is 14.1. The van der Waals surface area contributed by atoms with Crippen LogP contribution in [-0.4, -0.2) is 14.5 Å². The van der Waals surface area contributed by atoms with Gasteiger partial charge in [0.25, 0.3) is 0 Å². The van der Waals surface area contributed by atoms with Crippen molar-refractivity contribution in [3.8, 4) is 10.4 Å². The van der Waals surface area contributed by atoms with Crippen molar-refractivity contribution >= 4 is 27.5 Å². The van der Waals surface area contributed by atoms with Crippen LogP contribution in [0.4, 0.5) is 0 Å². The fourth-order valence-electron chi connectivity index (χ4n) is 3.57. The molecule has 0 bridgehead atoms. The average Bonchev–Trinajstić information content (AvgIpc) is 3.24. The number of fused-ring (bicyclic) bond motifs is 1. The molecule has 0 amide bonds. The van der Waals surface area contributed by atoms with Gasteiger partial charge in [0.1, 0.15) is 11.2 Å². The Bertz CT molecular complexity index is 738. The number of aliphatic hydroxyl groups is 1. The highest BCUT2D eigenvalue weighted by Crippen LogP contribution is 2.40. The summed E-state index contributed by atoms with van der Waals surface area (Å²) in [5.41, 5.74) is 2.25. The number of thiazole rings is 1. The van der Waals surface area contributed by atoms with Crippen LogP contribution in [0.5, 0.6) is 0 Å². The lowest BCUT2D eigenvalue weighted by Gasteiger charge is -2.24. The molecule has 0 radical (unpaired) electrons. The molecule has 3 aromatic heterocycles. The molecule has 1 saturated carbocycles. The maximum atomic E-state index is 10.9. The molecule has 1 N–H and O–H groups in total. The molecular weight excluding hydrogens is 312 g/mol. The Balaban J connectivity index is 1.69. The van der Waals surface area contributed by atoms with Gasteiger partial charge in [-0.3, -0.25) is 4.40 Å². The molecule has 116 valence electrons. The SMILES string of the molecule is OC(CC1CCCCC1)c1c(-c2ccsc2)sc2cncn12. The molecule has 22 heavy (non-hydrogen) atoms. The van der Waals surface area contributed by atoms with Gasteiger partial charge in [-0.25, -0.2) is 4.98 Å². The summed E-state index contributed by atoms with van der Waals surface area (Å²) >= 11 is 3.43. The summed E-state index contributed by atoms with van der Waals surface area (Å²) in [6, 6.07) is 2.14. The van der Waals surface area contributed by atoms with Gasteiger partial charge < -0.3 is 5.11 Å². The molecule has 5 heteroatoms. The van der Waals surface area contributed by atoms with Crippen LogP contribution >= 0.6 is 22.7 Å². The standard InChI is InChI=1S/C17H20N2OS2/c20-14(8-12-4-2-1-3-5-12)16-17(13-6-7-21-10-13)22-15-9-18-11-19(15)16/h6-7,9-12,14,20H,1-5,8H2. The summed E-state index contributed by atoms with van der Waals surface area (Å²) in [6.07, 6.45) is 10.7. The molecule has 3 aromatic rings. The molecule has 3 heterocycles. The lowest BCUT2D eigenvalue weighted by Crippen LogP contribution is -2.12. The van der Waals surface area contributed by atoms with Crippen molar-refractivity contribution < 1.29 is 5.11 Å². The number of thiophene rings is 1. The third-order valence-corrected chi connectivity index (χ3v) is 6.53. The van der Waals surface area contributed by atoms with E-state index in [9.17, 15) is 5.11 Å². The van der Waals surface area contributed by atoms with Crippen LogP contribution in [0.3, 0.4) is 0 Å². The van der Waals surface area contributed by atoms with E-state index in [1.54, 1.807) is 22.7 Å². The van der Waals surface area contributed by atoms with Crippen LogP contribution in [-0.2, 0) is 0 Å². The highest BCUT2D eigenvalue weighted by Gasteiger charge is 2.25. The number of aromatic nitrogens is 2. The lowest BCUT2D eigenvalue weighted by molar-refractivity contribution is 0.127. The van der Waals surface area contributed by atoms with E-state index < -0.39 is 6.10 Å². The van der Waals surface area contributed by atoms with Crippen LogP contribution < -0.4 is 0 Å². The summed E-state index contributed by atoms with van der Waals surface area (Å²) < 4.78 is 2.07. The Morgan fingerprint density at radius 2 is 2.18 bits per heavy atom. The van der Waals surface area contributed by atoms with Crippen molar-refractivity contribution in [2.45, 2.75) is 44.6 Å². The minimum absolute atomic E-state index is 0.402. The third-order valence-electron chi connectivity index (χ3n) is 4.68. The van der Waals surface area contributed by atoms with E-state index in [2.05, 4.69) is 26.2 Å². The summed E-state index contributed by atoms with van der Waals surface area (Å²) in [6.45, 7) is 0. The van der Waals surface area contributed by atoms with Gasteiger partial charge in [0.2, 0.25) is 0 Å². The molecule has 0 saturated heterocycles. The zero-order chi connectivity index (χ0) is 14.9. The molecule has 0 spiro atoms. The predicted molar refractivity (Wildman–Crippen MR) is 92.5 cm³/mol. The Kier molecular flexibility index (Phi) is 4.03. The van der Waals surface area contributed by atoms with E-state index in [4.69, 9.17) is 0 Å². The molecule has 0 aliphatic heterocycles. The van der Waals surface area contributed by atoms with Gasteiger partial charge in [-0.05, 0) is 29.2 Å². The van der Waals surface area contributed by atoms with Crippen LogP contribution in [0, 0.1) is 5.92 Å². The topological polar surface area (TPSA) is 37.5 Å². The monoisotopic (exact) mass is 332 g/mol. The van der Waals surface area contributed by atoms with E-state index >= 15 is 0 Å². The van der Waals surface area contributed by atoms with Crippen molar-refractivity contribution in [3.05, 3.63) is 35.0 Å². The van der Waals surface area contributed by atoms with Gasteiger partial charge in [0.05, 0.1) is 22.9 Å². The van der Waals surface area contributed by atoms with Gasteiger partial charge in [-0.15, -0.1) is 11.3 Å². The first kappa shape index (κ1) is 14.4. The number of aliphatic hydroxyl groups excluding tert-OH is 1. The number of hydrogen-bond acceptors (Lipinski definition) is 4. The quantitative estimate of drug-likeness (QED) is 0.719. The fraction of sp³-hybridized carbons (Fsp3) is 0.471. The van der Waals surface area contributed by atoms with Gasteiger partial charge in [0, 0.05) is 5.56 Å². The van der Waals surface area contributed by atoms with Crippen molar-refractivity contribution in [1.29, 1.82) is 0 Å². The Morgan fingerprint density at radius 3 is 2.95 bits per heavy atom. The first-order valence-corrected chi connectivity index (χ1v) is 9.74. The van der Waals surface area contributed by atoms with Crippen LogP contribution in [0.1, 0.15) is 50.3 Å². The smallest absolute Gasteiger partial charge is 0.120 e. The van der Waals surface area contributed by atoms with Crippen molar-refractivity contribution in [1.82, 2.24) is 9.38 Å². The molecule has 4 rings (SSSR count). The molecule has 3 nitrogen and oxygen atoms in total. The first-order chi connectivity index (χ1) is 10.8. The lowest BCUT2D eigenvalue weighted by atomic mass is 9.84. The van der Waals surface area contributed by atoms with Crippen LogP contribution in [0.2, 0.25) is 0 Å². The van der Waals surface area contributed by atoms with E-state index in [-0.39, 0.29) is 0 Å². The normalized spacial score (nSPS) is 18.0. The maximum absolute atomic E-state index is 10.9. The highest BCUT2D eigenvalue weighted by molar-refractivity contribution is 7.21.